The number of benzene rings is 1. The van der Waals surface area contributed by atoms with Crippen LogP contribution in [-0.2, 0) is 11.3 Å². The van der Waals surface area contributed by atoms with Crippen molar-refractivity contribution in [1.29, 1.82) is 0 Å². The molecule has 0 spiro atoms. The molecular weight excluding hydrogens is 266 g/mol. The topological polar surface area (TPSA) is 50.5 Å². The van der Waals surface area contributed by atoms with Gasteiger partial charge < -0.3 is 14.6 Å². The van der Waals surface area contributed by atoms with E-state index in [1.54, 1.807) is 0 Å². The quantitative estimate of drug-likeness (QED) is 0.908. The predicted molar refractivity (Wildman–Crippen MR) is 80.9 cm³/mol. The Balaban J connectivity index is 1.62. The minimum Gasteiger partial charge on any atom is -0.374 e. The highest BCUT2D eigenvalue weighted by Crippen LogP contribution is 2.20. The second-order valence-corrected chi connectivity index (χ2v) is 5.33. The van der Waals surface area contributed by atoms with E-state index in [9.17, 15) is 0 Å². The van der Waals surface area contributed by atoms with Crippen molar-refractivity contribution in [2.75, 3.05) is 33.3 Å². The van der Waals surface area contributed by atoms with Gasteiger partial charge in [-0.1, -0.05) is 35.5 Å². The van der Waals surface area contributed by atoms with Crippen LogP contribution in [-0.4, -0.2) is 49.4 Å². The van der Waals surface area contributed by atoms with Gasteiger partial charge >= 0.3 is 0 Å². The van der Waals surface area contributed by atoms with Crippen LogP contribution in [0.15, 0.2) is 40.9 Å². The Kier molecular flexibility index (Phi) is 4.65. The molecule has 5 heteroatoms. The molecule has 2 aromatic rings. The zero-order valence-corrected chi connectivity index (χ0v) is 12.3. The van der Waals surface area contributed by atoms with Crippen LogP contribution in [0.1, 0.15) is 5.69 Å². The lowest BCUT2D eigenvalue weighted by molar-refractivity contribution is -0.0297. The monoisotopic (exact) mass is 287 g/mol. The van der Waals surface area contributed by atoms with Gasteiger partial charge in [-0.2, -0.15) is 0 Å². The van der Waals surface area contributed by atoms with Crippen LogP contribution >= 0.6 is 0 Å². The number of morpholine rings is 1. The Bertz CT molecular complexity index is 554. The SMILES string of the molecule is CNCC1CN(Cc2cc(-c3ccccc3)on2)CCO1. The van der Waals surface area contributed by atoms with Crippen molar-refractivity contribution >= 4 is 0 Å². The Morgan fingerprint density at radius 2 is 2.19 bits per heavy atom. The van der Waals surface area contributed by atoms with Crippen LogP contribution in [0.5, 0.6) is 0 Å². The Morgan fingerprint density at radius 3 is 3.00 bits per heavy atom. The van der Waals surface area contributed by atoms with E-state index in [1.165, 1.54) is 0 Å². The lowest BCUT2D eigenvalue weighted by Gasteiger charge is -2.32. The van der Waals surface area contributed by atoms with Gasteiger partial charge in [-0.3, -0.25) is 4.90 Å². The summed E-state index contributed by atoms with van der Waals surface area (Å²) in [6, 6.07) is 12.1. The first kappa shape index (κ1) is 14.3. The molecule has 0 saturated carbocycles. The van der Waals surface area contributed by atoms with Crippen LogP contribution < -0.4 is 5.32 Å². The largest absolute Gasteiger partial charge is 0.374 e. The number of likely N-dealkylation sites (N-methyl/N-ethyl adjacent to an activating group) is 1. The molecule has 1 saturated heterocycles. The van der Waals surface area contributed by atoms with Crippen LogP contribution in [0.3, 0.4) is 0 Å². The molecule has 1 fully saturated rings. The molecule has 112 valence electrons. The molecule has 1 N–H and O–H groups in total. The third kappa shape index (κ3) is 3.69. The number of hydrogen-bond donors (Lipinski definition) is 1. The Labute approximate surface area is 124 Å². The van der Waals surface area contributed by atoms with Gasteiger partial charge in [0.2, 0.25) is 0 Å². The first-order valence-corrected chi connectivity index (χ1v) is 7.35. The molecule has 5 nitrogen and oxygen atoms in total. The summed E-state index contributed by atoms with van der Waals surface area (Å²) in [5.74, 6) is 0.825. The molecule has 1 aliphatic heterocycles. The molecule has 2 heterocycles. The maximum absolute atomic E-state index is 5.71. The summed E-state index contributed by atoms with van der Waals surface area (Å²) in [7, 11) is 1.95. The smallest absolute Gasteiger partial charge is 0.167 e. The van der Waals surface area contributed by atoms with Gasteiger partial charge in [0.25, 0.3) is 0 Å². The van der Waals surface area contributed by atoms with Gasteiger partial charge in [0.05, 0.1) is 18.4 Å². The van der Waals surface area contributed by atoms with Gasteiger partial charge in [-0.05, 0) is 7.05 Å². The third-order valence-corrected chi connectivity index (χ3v) is 3.66. The summed E-state index contributed by atoms with van der Waals surface area (Å²) in [4.78, 5) is 2.36. The van der Waals surface area contributed by atoms with E-state index in [0.29, 0.717) is 0 Å². The normalized spacial score (nSPS) is 19.8. The molecule has 3 rings (SSSR count). The van der Waals surface area contributed by atoms with E-state index >= 15 is 0 Å². The van der Waals surface area contributed by atoms with Crippen molar-refractivity contribution < 1.29 is 9.26 Å². The first-order chi connectivity index (χ1) is 10.3. The summed E-state index contributed by atoms with van der Waals surface area (Å²) in [5.41, 5.74) is 2.03. The maximum atomic E-state index is 5.71. The predicted octanol–water partition coefficient (Wildman–Crippen LogP) is 1.76. The van der Waals surface area contributed by atoms with Gasteiger partial charge in [0.1, 0.15) is 0 Å². The van der Waals surface area contributed by atoms with E-state index in [1.807, 2.05) is 43.4 Å². The number of nitrogens with one attached hydrogen (secondary N) is 1. The fourth-order valence-electron chi connectivity index (χ4n) is 2.63. The van der Waals surface area contributed by atoms with Crippen molar-refractivity contribution in [3.8, 4) is 11.3 Å². The van der Waals surface area contributed by atoms with E-state index in [4.69, 9.17) is 9.26 Å². The zero-order valence-electron chi connectivity index (χ0n) is 12.3. The van der Waals surface area contributed by atoms with Crippen molar-refractivity contribution in [3.63, 3.8) is 0 Å². The van der Waals surface area contributed by atoms with Gasteiger partial charge in [0.15, 0.2) is 5.76 Å². The number of nitrogens with zero attached hydrogens (tertiary/aromatic N) is 2. The minimum atomic E-state index is 0.254. The molecule has 1 aromatic carbocycles. The van der Waals surface area contributed by atoms with Crippen molar-refractivity contribution in [3.05, 3.63) is 42.1 Å². The lowest BCUT2D eigenvalue weighted by Crippen LogP contribution is -2.45. The number of rotatable bonds is 5. The number of aromatic nitrogens is 1. The molecule has 0 aliphatic carbocycles. The van der Waals surface area contributed by atoms with Crippen molar-refractivity contribution in [2.24, 2.45) is 0 Å². The highest BCUT2D eigenvalue weighted by Gasteiger charge is 2.21. The average Bonchev–Trinajstić information content (AvgIpc) is 2.97. The molecule has 0 bridgehead atoms. The average molecular weight is 287 g/mol. The summed E-state index contributed by atoms with van der Waals surface area (Å²) in [5, 5.41) is 7.35. The molecule has 1 atom stereocenters. The van der Waals surface area contributed by atoms with Crippen LogP contribution in [0.4, 0.5) is 0 Å². The maximum Gasteiger partial charge on any atom is 0.167 e. The van der Waals surface area contributed by atoms with E-state index in [2.05, 4.69) is 15.4 Å². The van der Waals surface area contributed by atoms with Crippen molar-refractivity contribution in [2.45, 2.75) is 12.6 Å². The minimum absolute atomic E-state index is 0.254. The summed E-state index contributed by atoms with van der Waals surface area (Å²) >= 11 is 0. The summed E-state index contributed by atoms with van der Waals surface area (Å²) < 4.78 is 11.2. The molecule has 1 aromatic heterocycles. The number of ether oxygens (including phenoxy) is 1. The third-order valence-electron chi connectivity index (χ3n) is 3.66. The fourth-order valence-corrected chi connectivity index (χ4v) is 2.63. The molecular formula is C16H21N3O2. The van der Waals surface area contributed by atoms with Gasteiger partial charge in [0, 0.05) is 37.8 Å². The lowest BCUT2D eigenvalue weighted by atomic mass is 10.1. The fraction of sp³-hybridized carbons (Fsp3) is 0.438. The zero-order chi connectivity index (χ0) is 14.5. The van der Waals surface area contributed by atoms with Gasteiger partial charge in [-0.15, -0.1) is 0 Å². The molecule has 0 amide bonds. The van der Waals surface area contributed by atoms with E-state index in [-0.39, 0.29) is 6.10 Å². The number of hydrogen-bond acceptors (Lipinski definition) is 5. The van der Waals surface area contributed by atoms with Gasteiger partial charge in [-0.25, -0.2) is 0 Å². The second-order valence-electron chi connectivity index (χ2n) is 5.33. The van der Waals surface area contributed by atoms with E-state index in [0.717, 1.165) is 49.8 Å². The Morgan fingerprint density at radius 1 is 1.33 bits per heavy atom. The molecule has 1 unspecified atom stereocenters. The second kappa shape index (κ2) is 6.85. The van der Waals surface area contributed by atoms with E-state index < -0.39 is 0 Å². The summed E-state index contributed by atoms with van der Waals surface area (Å²) in [6.07, 6.45) is 0.254. The molecule has 1 aliphatic rings. The van der Waals surface area contributed by atoms with Crippen LogP contribution in [0, 0.1) is 0 Å². The highest BCUT2D eigenvalue weighted by molar-refractivity contribution is 5.56. The first-order valence-electron chi connectivity index (χ1n) is 7.35. The Hall–Kier alpha value is -1.69. The summed E-state index contributed by atoms with van der Waals surface area (Å²) in [6.45, 7) is 4.32. The standard InChI is InChI=1S/C16H21N3O2/c1-17-10-15-12-19(7-8-20-15)11-14-9-16(21-18-14)13-5-3-2-4-6-13/h2-6,9,15,17H,7-8,10-12H2,1H3. The van der Waals surface area contributed by atoms with Crippen LogP contribution in [0.2, 0.25) is 0 Å². The van der Waals surface area contributed by atoms with Crippen LogP contribution in [0.25, 0.3) is 11.3 Å². The molecule has 21 heavy (non-hydrogen) atoms. The van der Waals surface area contributed by atoms with Crippen molar-refractivity contribution in [1.82, 2.24) is 15.4 Å². The molecule has 0 radical (unpaired) electrons. The highest BCUT2D eigenvalue weighted by atomic mass is 16.5.